The molecular formula is C12H23N3O2S. The summed E-state index contributed by atoms with van der Waals surface area (Å²) in [6, 6.07) is 0.366. The fraction of sp³-hybridized carbons (Fsp3) is 0.917. The molecule has 0 aromatic carbocycles. The Morgan fingerprint density at radius 3 is 2.89 bits per heavy atom. The van der Waals surface area contributed by atoms with Gasteiger partial charge in [0.25, 0.3) is 0 Å². The van der Waals surface area contributed by atoms with Crippen molar-refractivity contribution in [2.75, 3.05) is 45.0 Å². The molecule has 18 heavy (non-hydrogen) atoms. The molecule has 2 saturated heterocycles. The van der Waals surface area contributed by atoms with Crippen molar-refractivity contribution in [3.05, 3.63) is 0 Å². The summed E-state index contributed by atoms with van der Waals surface area (Å²) < 4.78 is 5.08. The van der Waals surface area contributed by atoms with Crippen LogP contribution in [0, 0.1) is 0 Å². The van der Waals surface area contributed by atoms with Crippen LogP contribution in [0.2, 0.25) is 0 Å². The minimum absolute atomic E-state index is 0.0153. The standard InChI is InChI=1S/C12H23N3O2S/c1-17-7-6-15-4-2-10(3-5-15)14-12(16)11-8-18-9-13-11/h10-11,13H,2-9H2,1H3,(H,14,16). The number of ether oxygens (including phenoxy) is 1. The summed E-state index contributed by atoms with van der Waals surface area (Å²) in [6.45, 7) is 3.90. The van der Waals surface area contributed by atoms with Crippen molar-refractivity contribution in [3.63, 3.8) is 0 Å². The van der Waals surface area contributed by atoms with Gasteiger partial charge in [-0.3, -0.25) is 10.1 Å². The highest BCUT2D eigenvalue weighted by atomic mass is 32.2. The first-order valence-corrected chi connectivity index (χ1v) is 7.78. The van der Waals surface area contributed by atoms with Crippen LogP contribution in [0.25, 0.3) is 0 Å². The molecule has 0 saturated carbocycles. The van der Waals surface area contributed by atoms with Crippen LogP contribution in [-0.4, -0.2) is 67.9 Å². The predicted octanol–water partition coefficient (Wildman–Crippen LogP) is -0.124. The van der Waals surface area contributed by atoms with Crippen molar-refractivity contribution in [2.45, 2.75) is 24.9 Å². The molecule has 1 amide bonds. The second-order valence-electron chi connectivity index (χ2n) is 4.89. The van der Waals surface area contributed by atoms with E-state index in [0.717, 1.165) is 50.7 Å². The maximum atomic E-state index is 11.9. The average Bonchev–Trinajstić information content (AvgIpc) is 2.92. The molecule has 0 radical (unpaired) electrons. The summed E-state index contributed by atoms with van der Waals surface area (Å²) in [5.41, 5.74) is 0. The van der Waals surface area contributed by atoms with Crippen LogP contribution in [0.1, 0.15) is 12.8 Å². The zero-order chi connectivity index (χ0) is 12.8. The Kier molecular flexibility index (Phi) is 5.75. The Hall–Kier alpha value is -0.300. The lowest BCUT2D eigenvalue weighted by Crippen LogP contribution is -2.50. The van der Waals surface area contributed by atoms with Crippen LogP contribution >= 0.6 is 11.8 Å². The number of nitrogens with zero attached hydrogens (tertiary/aromatic N) is 1. The van der Waals surface area contributed by atoms with E-state index >= 15 is 0 Å². The third-order valence-electron chi connectivity index (χ3n) is 3.58. The summed E-state index contributed by atoms with van der Waals surface area (Å²) in [5.74, 6) is 1.97. The molecular weight excluding hydrogens is 250 g/mol. The van der Waals surface area contributed by atoms with E-state index in [1.165, 1.54) is 0 Å². The van der Waals surface area contributed by atoms with Crippen LogP contribution in [0.15, 0.2) is 0 Å². The number of methoxy groups -OCH3 is 1. The maximum Gasteiger partial charge on any atom is 0.238 e. The molecule has 2 aliphatic heterocycles. The van der Waals surface area contributed by atoms with Gasteiger partial charge in [-0.2, -0.15) is 0 Å². The van der Waals surface area contributed by atoms with Crippen molar-refractivity contribution in [2.24, 2.45) is 0 Å². The van der Waals surface area contributed by atoms with Crippen molar-refractivity contribution in [1.29, 1.82) is 0 Å². The molecule has 2 rings (SSSR count). The summed E-state index contributed by atoms with van der Waals surface area (Å²) >= 11 is 1.79. The van der Waals surface area contributed by atoms with Gasteiger partial charge in [0.05, 0.1) is 12.6 Å². The number of carbonyl (C=O) groups is 1. The molecule has 1 unspecified atom stereocenters. The molecule has 0 aromatic heterocycles. The Morgan fingerprint density at radius 2 is 2.28 bits per heavy atom. The molecule has 2 heterocycles. The van der Waals surface area contributed by atoms with Crippen LogP contribution in [0.3, 0.4) is 0 Å². The van der Waals surface area contributed by atoms with E-state index in [1.54, 1.807) is 18.9 Å². The van der Waals surface area contributed by atoms with Gasteiger partial charge in [-0.05, 0) is 12.8 Å². The summed E-state index contributed by atoms with van der Waals surface area (Å²) in [4.78, 5) is 14.3. The molecule has 2 fully saturated rings. The monoisotopic (exact) mass is 273 g/mol. The lowest BCUT2D eigenvalue weighted by Gasteiger charge is -2.32. The number of amides is 1. The molecule has 1 atom stereocenters. The Morgan fingerprint density at radius 1 is 1.50 bits per heavy atom. The molecule has 104 valence electrons. The molecule has 2 N–H and O–H groups in total. The third kappa shape index (κ3) is 4.12. The first-order valence-electron chi connectivity index (χ1n) is 6.62. The van der Waals surface area contributed by atoms with Gasteiger partial charge in [-0.1, -0.05) is 0 Å². The first kappa shape index (κ1) is 14.1. The van der Waals surface area contributed by atoms with Gasteiger partial charge in [0.2, 0.25) is 5.91 Å². The Balaban J connectivity index is 1.65. The van der Waals surface area contributed by atoms with Gasteiger partial charge >= 0.3 is 0 Å². The van der Waals surface area contributed by atoms with Gasteiger partial charge in [0, 0.05) is 44.4 Å². The molecule has 5 nitrogen and oxygen atoms in total. The molecule has 0 bridgehead atoms. The minimum atomic E-state index is 0.0153. The molecule has 0 aromatic rings. The highest BCUT2D eigenvalue weighted by molar-refractivity contribution is 7.99. The number of hydrogen-bond acceptors (Lipinski definition) is 5. The largest absolute Gasteiger partial charge is 0.383 e. The van der Waals surface area contributed by atoms with E-state index in [0.29, 0.717) is 6.04 Å². The lowest BCUT2D eigenvalue weighted by molar-refractivity contribution is -0.123. The second kappa shape index (κ2) is 7.33. The van der Waals surface area contributed by atoms with Crippen LogP contribution in [0.5, 0.6) is 0 Å². The van der Waals surface area contributed by atoms with Crippen molar-refractivity contribution in [3.8, 4) is 0 Å². The number of piperidine rings is 1. The van der Waals surface area contributed by atoms with E-state index in [2.05, 4.69) is 15.5 Å². The Bertz CT molecular complexity index is 264. The molecule has 0 aliphatic carbocycles. The van der Waals surface area contributed by atoms with Crippen LogP contribution < -0.4 is 10.6 Å². The van der Waals surface area contributed by atoms with Gasteiger partial charge < -0.3 is 15.0 Å². The lowest BCUT2D eigenvalue weighted by atomic mass is 10.0. The SMILES string of the molecule is COCCN1CCC(NC(=O)C2CSCN2)CC1. The smallest absolute Gasteiger partial charge is 0.238 e. The minimum Gasteiger partial charge on any atom is -0.383 e. The van der Waals surface area contributed by atoms with E-state index < -0.39 is 0 Å². The average molecular weight is 273 g/mol. The number of carbonyl (C=O) groups excluding carboxylic acids is 1. The van der Waals surface area contributed by atoms with Crippen LogP contribution in [0.4, 0.5) is 0 Å². The summed E-state index contributed by atoms with van der Waals surface area (Å²) in [6.07, 6.45) is 2.10. The topological polar surface area (TPSA) is 53.6 Å². The van der Waals surface area contributed by atoms with Gasteiger partial charge in [0.15, 0.2) is 0 Å². The molecule has 6 heteroatoms. The first-order chi connectivity index (χ1) is 8.79. The second-order valence-corrected chi connectivity index (χ2v) is 5.92. The number of rotatable bonds is 5. The van der Waals surface area contributed by atoms with Crippen molar-refractivity contribution < 1.29 is 9.53 Å². The normalized spacial score (nSPS) is 26.4. The fourth-order valence-corrected chi connectivity index (χ4v) is 3.33. The van der Waals surface area contributed by atoms with Crippen molar-refractivity contribution in [1.82, 2.24) is 15.5 Å². The number of hydrogen-bond donors (Lipinski definition) is 2. The zero-order valence-corrected chi connectivity index (χ0v) is 11.8. The van der Waals surface area contributed by atoms with E-state index in [9.17, 15) is 4.79 Å². The van der Waals surface area contributed by atoms with E-state index in [4.69, 9.17) is 4.74 Å². The van der Waals surface area contributed by atoms with Gasteiger partial charge in [-0.15, -0.1) is 11.8 Å². The van der Waals surface area contributed by atoms with Gasteiger partial charge in [0.1, 0.15) is 0 Å². The highest BCUT2D eigenvalue weighted by Crippen LogP contribution is 2.13. The summed E-state index contributed by atoms with van der Waals surface area (Å²) in [7, 11) is 1.74. The maximum absolute atomic E-state index is 11.9. The van der Waals surface area contributed by atoms with Crippen molar-refractivity contribution >= 4 is 17.7 Å². The van der Waals surface area contributed by atoms with Gasteiger partial charge in [-0.25, -0.2) is 0 Å². The fourth-order valence-electron chi connectivity index (χ4n) is 2.39. The van der Waals surface area contributed by atoms with E-state index in [-0.39, 0.29) is 11.9 Å². The highest BCUT2D eigenvalue weighted by Gasteiger charge is 2.26. The van der Waals surface area contributed by atoms with E-state index in [1.807, 2.05) is 0 Å². The molecule has 2 aliphatic rings. The third-order valence-corrected chi connectivity index (χ3v) is 4.52. The number of likely N-dealkylation sites (tertiary alicyclic amines) is 1. The molecule has 0 spiro atoms. The Labute approximate surface area is 113 Å². The summed E-state index contributed by atoms with van der Waals surface area (Å²) in [5, 5.41) is 6.37. The van der Waals surface area contributed by atoms with Crippen LogP contribution in [-0.2, 0) is 9.53 Å². The zero-order valence-electron chi connectivity index (χ0n) is 11.0. The predicted molar refractivity (Wildman–Crippen MR) is 73.7 cm³/mol. The number of nitrogens with one attached hydrogen (secondary N) is 2. The quantitative estimate of drug-likeness (QED) is 0.731. The number of thioether (sulfide) groups is 1.